The molecule has 0 atom stereocenters. The summed E-state index contributed by atoms with van der Waals surface area (Å²) in [6, 6.07) is 10.1. The molecule has 6 heteroatoms. The van der Waals surface area contributed by atoms with Gasteiger partial charge in [0.25, 0.3) is 0 Å². The highest BCUT2D eigenvalue weighted by Gasteiger charge is 2.02. The quantitative estimate of drug-likeness (QED) is 0.568. The van der Waals surface area contributed by atoms with Gasteiger partial charge in [-0.15, -0.1) is 16.7 Å². The Morgan fingerprint density at radius 2 is 1.94 bits per heavy atom. The molecule has 0 amide bonds. The Morgan fingerprint density at radius 3 is 2.72 bits per heavy atom. The van der Waals surface area contributed by atoms with E-state index in [0.29, 0.717) is 31.7 Å². The highest BCUT2D eigenvalue weighted by Crippen LogP contribution is 2.07. The molecule has 5 nitrogen and oxygen atoms in total. The third kappa shape index (κ3) is 3.72. The van der Waals surface area contributed by atoms with Crippen LogP contribution >= 0.6 is 11.6 Å². The minimum Gasteiger partial charge on any atom is -0.460 e. The fourth-order valence-electron chi connectivity index (χ4n) is 1.37. The minimum absolute atomic E-state index is 0.341. The standard InChI is InChI=1S/C12H14ClN3O2/c13-6-7-17-8-9-18-12-14-10-16(15-12)11-4-2-1-3-5-11/h1-5,10H,6-9H2. The van der Waals surface area contributed by atoms with Crippen LogP contribution in [0.3, 0.4) is 0 Å². The summed E-state index contributed by atoms with van der Waals surface area (Å²) in [4.78, 5) is 4.06. The number of aromatic nitrogens is 3. The van der Waals surface area contributed by atoms with E-state index < -0.39 is 0 Å². The Kier molecular flexibility index (Phi) is 4.99. The summed E-state index contributed by atoms with van der Waals surface area (Å²) in [6.45, 7) is 1.42. The zero-order valence-electron chi connectivity index (χ0n) is 9.83. The van der Waals surface area contributed by atoms with Crippen LogP contribution in [-0.4, -0.2) is 40.5 Å². The largest absolute Gasteiger partial charge is 0.460 e. The summed E-state index contributed by atoms with van der Waals surface area (Å²) in [5, 5.41) is 4.20. The topological polar surface area (TPSA) is 49.2 Å². The van der Waals surface area contributed by atoms with Crippen LogP contribution in [0.1, 0.15) is 0 Å². The molecule has 1 aromatic carbocycles. The van der Waals surface area contributed by atoms with Crippen LogP contribution in [0, 0.1) is 0 Å². The van der Waals surface area contributed by atoms with Gasteiger partial charge in [-0.25, -0.2) is 4.68 Å². The Balaban J connectivity index is 1.83. The van der Waals surface area contributed by atoms with Crippen molar-refractivity contribution in [2.24, 2.45) is 0 Å². The minimum atomic E-state index is 0.341. The number of alkyl halides is 1. The highest BCUT2D eigenvalue weighted by atomic mass is 35.5. The number of hydrogen-bond donors (Lipinski definition) is 0. The van der Waals surface area contributed by atoms with E-state index in [-0.39, 0.29) is 0 Å². The first kappa shape index (κ1) is 12.9. The number of para-hydroxylation sites is 1. The fraction of sp³-hybridized carbons (Fsp3) is 0.333. The van der Waals surface area contributed by atoms with Crippen molar-refractivity contribution in [2.45, 2.75) is 0 Å². The van der Waals surface area contributed by atoms with Gasteiger partial charge in [0.1, 0.15) is 12.9 Å². The van der Waals surface area contributed by atoms with Crippen LogP contribution in [0.15, 0.2) is 36.7 Å². The second-order valence-corrected chi connectivity index (χ2v) is 3.84. The second kappa shape index (κ2) is 6.98. The molecule has 0 spiro atoms. The maximum absolute atomic E-state index is 5.47. The third-order valence-corrected chi connectivity index (χ3v) is 2.33. The van der Waals surface area contributed by atoms with Crippen molar-refractivity contribution in [2.75, 3.05) is 25.7 Å². The molecule has 0 aliphatic carbocycles. The predicted octanol–water partition coefficient (Wildman–Crippen LogP) is 1.90. The van der Waals surface area contributed by atoms with Crippen LogP contribution in [0.2, 0.25) is 0 Å². The third-order valence-electron chi connectivity index (χ3n) is 2.17. The first-order valence-electron chi connectivity index (χ1n) is 5.64. The van der Waals surface area contributed by atoms with Gasteiger partial charge in [0, 0.05) is 5.88 Å². The van der Waals surface area contributed by atoms with Gasteiger partial charge < -0.3 is 9.47 Å². The summed E-state index contributed by atoms with van der Waals surface area (Å²) in [5.74, 6) is 0.487. The lowest BCUT2D eigenvalue weighted by molar-refractivity contribution is 0.107. The molecule has 0 saturated heterocycles. The van der Waals surface area contributed by atoms with Crippen LogP contribution in [0.4, 0.5) is 0 Å². The van der Waals surface area contributed by atoms with Crippen molar-refractivity contribution < 1.29 is 9.47 Å². The number of nitrogens with zero attached hydrogens (tertiary/aromatic N) is 3. The van der Waals surface area contributed by atoms with Crippen molar-refractivity contribution in [3.05, 3.63) is 36.7 Å². The molecular formula is C12H14ClN3O2. The molecule has 0 fully saturated rings. The summed E-state index contributed by atoms with van der Waals surface area (Å²) >= 11 is 5.47. The smallest absolute Gasteiger partial charge is 0.335 e. The molecule has 0 aliphatic rings. The van der Waals surface area contributed by atoms with Gasteiger partial charge in [-0.1, -0.05) is 18.2 Å². The molecule has 2 rings (SSSR count). The molecule has 2 aromatic rings. The molecule has 0 N–H and O–H groups in total. The molecule has 18 heavy (non-hydrogen) atoms. The van der Waals surface area contributed by atoms with Crippen LogP contribution in [0.25, 0.3) is 5.69 Å². The van der Waals surface area contributed by atoms with E-state index in [1.807, 2.05) is 30.3 Å². The molecule has 0 bridgehead atoms. The number of hydrogen-bond acceptors (Lipinski definition) is 4. The number of ether oxygens (including phenoxy) is 2. The zero-order valence-corrected chi connectivity index (χ0v) is 10.6. The van der Waals surface area contributed by atoms with E-state index in [4.69, 9.17) is 21.1 Å². The summed E-state index contributed by atoms with van der Waals surface area (Å²) in [6.07, 6.45) is 1.62. The predicted molar refractivity (Wildman–Crippen MR) is 68.4 cm³/mol. The molecule has 0 radical (unpaired) electrons. The van der Waals surface area contributed by atoms with Crippen LogP contribution in [0.5, 0.6) is 6.01 Å². The highest BCUT2D eigenvalue weighted by molar-refractivity contribution is 6.17. The Bertz CT molecular complexity index is 461. The van der Waals surface area contributed by atoms with Crippen LogP contribution < -0.4 is 4.74 Å². The summed E-state index contributed by atoms with van der Waals surface area (Å²) < 4.78 is 12.2. The molecule has 0 saturated carbocycles. The lowest BCUT2D eigenvalue weighted by atomic mass is 10.3. The SMILES string of the molecule is ClCCOCCOc1ncn(-c2ccccc2)n1. The zero-order chi connectivity index (χ0) is 12.6. The van der Waals surface area contributed by atoms with Crippen LogP contribution in [-0.2, 0) is 4.74 Å². The van der Waals surface area contributed by atoms with Gasteiger partial charge in [0.15, 0.2) is 0 Å². The molecule has 1 heterocycles. The Labute approximate surface area is 110 Å². The maximum Gasteiger partial charge on any atom is 0.335 e. The van der Waals surface area contributed by atoms with E-state index in [1.165, 1.54) is 0 Å². The molecular weight excluding hydrogens is 254 g/mol. The first-order chi connectivity index (χ1) is 8.90. The van der Waals surface area contributed by atoms with E-state index in [1.54, 1.807) is 11.0 Å². The molecule has 0 unspecified atom stereocenters. The lowest BCUT2D eigenvalue weighted by Gasteiger charge is -2.02. The van der Waals surface area contributed by atoms with E-state index >= 15 is 0 Å². The molecule has 0 aliphatic heterocycles. The molecule has 96 valence electrons. The maximum atomic E-state index is 5.47. The van der Waals surface area contributed by atoms with Gasteiger partial charge in [-0.3, -0.25) is 0 Å². The van der Waals surface area contributed by atoms with E-state index in [0.717, 1.165) is 5.69 Å². The van der Waals surface area contributed by atoms with Gasteiger partial charge in [0.05, 0.1) is 18.9 Å². The van der Waals surface area contributed by atoms with E-state index in [2.05, 4.69) is 10.1 Å². The summed E-state index contributed by atoms with van der Waals surface area (Å²) in [7, 11) is 0. The number of rotatable bonds is 7. The van der Waals surface area contributed by atoms with Crippen molar-refractivity contribution in [1.29, 1.82) is 0 Å². The van der Waals surface area contributed by atoms with Gasteiger partial charge in [0.2, 0.25) is 0 Å². The van der Waals surface area contributed by atoms with E-state index in [9.17, 15) is 0 Å². The van der Waals surface area contributed by atoms with Crippen molar-refractivity contribution >= 4 is 11.6 Å². The number of benzene rings is 1. The van der Waals surface area contributed by atoms with Gasteiger partial charge >= 0.3 is 6.01 Å². The number of halogens is 1. The normalized spacial score (nSPS) is 10.5. The summed E-state index contributed by atoms with van der Waals surface area (Å²) in [5.41, 5.74) is 0.943. The molecule has 1 aromatic heterocycles. The first-order valence-corrected chi connectivity index (χ1v) is 6.17. The fourth-order valence-corrected chi connectivity index (χ4v) is 1.48. The Morgan fingerprint density at radius 1 is 1.11 bits per heavy atom. The van der Waals surface area contributed by atoms with Gasteiger partial charge in [-0.05, 0) is 12.1 Å². The monoisotopic (exact) mass is 267 g/mol. The van der Waals surface area contributed by atoms with Gasteiger partial charge in [-0.2, -0.15) is 4.98 Å². The second-order valence-electron chi connectivity index (χ2n) is 3.46. The average Bonchev–Trinajstić information content (AvgIpc) is 2.88. The Hall–Kier alpha value is -1.59. The van der Waals surface area contributed by atoms with Crippen molar-refractivity contribution in [3.8, 4) is 11.7 Å². The van der Waals surface area contributed by atoms with Crippen molar-refractivity contribution in [3.63, 3.8) is 0 Å². The average molecular weight is 268 g/mol. The van der Waals surface area contributed by atoms with Crippen molar-refractivity contribution in [1.82, 2.24) is 14.8 Å². The lowest BCUT2D eigenvalue weighted by Crippen LogP contribution is -2.09.